The van der Waals surface area contributed by atoms with Crippen LogP contribution in [-0.2, 0) is 16.1 Å². The Labute approximate surface area is 229 Å². The summed E-state index contributed by atoms with van der Waals surface area (Å²) in [6.07, 6.45) is 11.6. The number of hydrogen-bond acceptors (Lipinski definition) is 7. The van der Waals surface area contributed by atoms with Crippen LogP contribution >= 0.6 is 23.1 Å². The van der Waals surface area contributed by atoms with Gasteiger partial charge in [-0.15, -0.1) is 11.3 Å². The number of ether oxygens (including phenoxy) is 1. The minimum atomic E-state index is -0.389. The standard InChI is InChI=1S/C30H41NO4S2/c1-4-35-28(34)37-19-26-22-15-24-23-12-6-5-9-20(32)10-7-13-29(23,2)27(33)16-30(24,3)25(22)18-31(26)17-21-11-8-14-36-21/h5,7-11,14,22-27,33H,4,6,12-13,15-19H2,1-3H3. The van der Waals surface area contributed by atoms with Gasteiger partial charge >= 0.3 is 5.30 Å². The van der Waals surface area contributed by atoms with Crippen molar-refractivity contribution in [1.29, 1.82) is 0 Å². The Morgan fingerprint density at radius 1 is 1.22 bits per heavy atom. The van der Waals surface area contributed by atoms with E-state index in [1.54, 1.807) is 23.5 Å². The van der Waals surface area contributed by atoms with Crippen LogP contribution in [0, 0.1) is 34.5 Å². The third-order valence-electron chi connectivity index (χ3n) is 10.2. The van der Waals surface area contributed by atoms with E-state index in [2.05, 4.69) is 36.3 Å². The molecule has 5 rings (SSSR count). The van der Waals surface area contributed by atoms with Crippen molar-refractivity contribution in [1.82, 2.24) is 4.90 Å². The van der Waals surface area contributed by atoms with Gasteiger partial charge in [0, 0.05) is 35.2 Å². The molecule has 0 radical (unpaired) electrons. The number of aliphatic hydroxyl groups is 1. The predicted molar refractivity (Wildman–Crippen MR) is 151 cm³/mol. The van der Waals surface area contributed by atoms with Gasteiger partial charge in [0.1, 0.15) is 0 Å². The number of carbonyl (C=O) groups is 2. The van der Waals surface area contributed by atoms with Gasteiger partial charge in [-0.1, -0.05) is 32.1 Å². The highest BCUT2D eigenvalue weighted by atomic mass is 32.2. The molecule has 0 amide bonds. The first kappa shape index (κ1) is 27.2. The molecule has 4 aliphatic rings. The molecule has 1 saturated heterocycles. The van der Waals surface area contributed by atoms with E-state index in [1.807, 2.05) is 19.1 Å². The molecule has 8 atom stereocenters. The number of hydrogen-bond donors (Lipinski definition) is 1. The molecule has 202 valence electrons. The third kappa shape index (κ3) is 5.13. The highest BCUT2D eigenvalue weighted by Crippen LogP contribution is 2.68. The Hall–Kier alpha value is -1.41. The van der Waals surface area contributed by atoms with Crippen LogP contribution < -0.4 is 0 Å². The average Bonchev–Trinajstić information content (AvgIpc) is 3.55. The zero-order valence-electron chi connectivity index (χ0n) is 22.3. The SMILES string of the molecule is CCOC(=O)SCC1C2CC3C4CCC=CC(=O)C=CCC4(C)C(O)CC3(C)C2CN1Cc1cccs1. The first-order valence-corrected chi connectivity index (χ1v) is 15.7. The van der Waals surface area contributed by atoms with Crippen LogP contribution in [0.2, 0.25) is 0 Å². The normalized spacial score (nSPS) is 39.7. The fraction of sp³-hybridized carbons (Fsp3) is 0.667. The molecule has 1 aliphatic heterocycles. The summed E-state index contributed by atoms with van der Waals surface area (Å²) in [5.41, 5.74) is -0.157. The van der Waals surface area contributed by atoms with Gasteiger partial charge in [0.25, 0.3) is 0 Å². The lowest BCUT2D eigenvalue weighted by atomic mass is 9.50. The van der Waals surface area contributed by atoms with Crippen LogP contribution in [0.1, 0.15) is 57.8 Å². The summed E-state index contributed by atoms with van der Waals surface area (Å²) in [6.45, 7) is 8.92. The van der Waals surface area contributed by atoms with E-state index in [1.165, 1.54) is 16.6 Å². The van der Waals surface area contributed by atoms with Gasteiger partial charge < -0.3 is 9.84 Å². The Morgan fingerprint density at radius 2 is 2.03 bits per heavy atom. The molecule has 2 saturated carbocycles. The molecule has 1 aromatic heterocycles. The number of ketones is 1. The first-order valence-electron chi connectivity index (χ1n) is 13.9. The topological polar surface area (TPSA) is 66.8 Å². The molecule has 3 fully saturated rings. The highest BCUT2D eigenvalue weighted by Gasteiger charge is 2.65. The maximum Gasteiger partial charge on any atom is 0.367 e. The molecule has 0 spiro atoms. The second kappa shape index (κ2) is 11.0. The molecule has 3 aliphatic carbocycles. The first-order chi connectivity index (χ1) is 17.8. The van der Waals surface area contributed by atoms with Crippen molar-refractivity contribution in [3.63, 3.8) is 0 Å². The van der Waals surface area contributed by atoms with Gasteiger partial charge in [-0.25, -0.2) is 4.79 Å². The van der Waals surface area contributed by atoms with Crippen molar-refractivity contribution in [3.05, 3.63) is 46.7 Å². The minimum absolute atomic E-state index is 0.0420. The highest BCUT2D eigenvalue weighted by molar-refractivity contribution is 8.13. The maximum absolute atomic E-state index is 12.3. The Balaban J connectivity index is 1.43. The molecule has 0 bridgehead atoms. The Bertz CT molecular complexity index is 1040. The third-order valence-corrected chi connectivity index (χ3v) is 11.9. The van der Waals surface area contributed by atoms with E-state index >= 15 is 0 Å². The molecular formula is C30H41NO4S2. The summed E-state index contributed by atoms with van der Waals surface area (Å²) < 4.78 is 5.26. The lowest BCUT2D eigenvalue weighted by Gasteiger charge is -2.56. The molecule has 5 nitrogen and oxygen atoms in total. The van der Waals surface area contributed by atoms with Gasteiger partial charge in [0.15, 0.2) is 5.78 Å². The average molecular weight is 544 g/mol. The number of rotatable bonds is 5. The number of likely N-dealkylation sites (tertiary alicyclic amines) is 1. The maximum atomic E-state index is 12.3. The van der Waals surface area contributed by atoms with E-state index in [4.69, 9.17) is 4.74 Å². The summed E-state index contributed by atoms with van der Waals surface area (Å²) in [4.78, 5) is 28.4. The summed E-state index contributed by atoms with van der Waals surface area (Å²) in [5.74, 6) is 2.75. The van der Waals surface area contributed by atoms with Crippen molar-refractivity contribution in [3.8, 4) is 0 Å². The molecule has 2 heterocycles. The summed E-state index contributed by atoms with van der Waals surface area (Å²) in [5, 5.41) is 13.7. The van der Waals surface area contributed by atoms with Crippen molar-refractivity contribution in [2.75, 3.05) is 18.9 Å². The van der Waals surface area contributed by atoms with E-state index in [-0.39, 0.29) is 28.0 Å². The van der Waals surface area contributed by atoms with Crippen LogP contribution in [0.4, 0.5) is 4.79 Å². The molecule has 1 aromatic rings. The molecular weight excluding hydrogens is 502 g/mol. The summed E-state index contributed by atoms with van der Waals surface area (Å²) in [6, 6.07) is 4.65. The van der Waals surface area contributed by atoms with Gasteiger partial charge in [-0.2, -0.15) is 0 Å². The lowest BCUT2D eigenvalue weighted by Crippen LogP contribution is -2.54. The largest absolute Gasteiger partial charge is 0.458 e. The van der Waals surface area contributed by atoms with Gasteiger partial charge in [-0.3, -0.25) is 9.69 Å². The number of fused-ring (bicyclic) bond motifs is 5. The Morgan fingerprint density at radius 3 is 2.78 bits per heavy atom. The monoisotopic (exact) mass is 543 g/mol. The van der Waals surface area contributed by atoms with Crippen LogP contribution in [-0.4, -0.2) is 52.1 Å². The van der Waals surface area contributed by atoms with Gasteiger partial charge in [-0.05, 0) is 103 Å². The quantitative estimate of drug-likeness (QED) is 0.438. The second-order valence-corrected chi connectivity index (χ2v) is 14.0. The lowest BCUT2D eigenvalue weighted by molar-refractivity contribution is -0.131. The summed E-state index contributed by atoms with van der Waals surface area (Å²) >= 11 is 3.13. The molecule has 1 N–H and O–H groups in total. The molecule has 7 heteroatoms. The van der Waals surface area contributed by atoms with Crippen molar-refractivity contribution >= 4 is 34.2 Å². The van der Waals surface area contributed by atoms with Crippen LogP contribution in [0.3, 0.4) is 0 Å². The van der Waals surface area contributed by atoms with Crippen LogP contribution in [0.15, 0.2) is 41.8 Å². The predicted octanol–water partition coefficient (Wildman–Crippen LogP) is 6.33. The Kier molecular flexibility index (Phi) is 8.07. The van der Waals surface area contributed by atoms with Crippen LogP contribution in [0.5, 0.6) is 0 Å². The molecule has 8 unspecified atom stereocenters. The number of thiophene rings is 1. The number of allylic oxidation sites excluding steroid dienone is 4. The number of carbonyl (C=O) groups excluding carboxylic acids is 2. The zero-order chi connectivity index (χ0) is 26.2. The number of aliphatic hydroxyl groups excluding tert-OH is 1. The van der Waals surface area contributed by atoms with E-state index in [0.717, 1.165) is 50.9 Å². The van der Waals surface area contributed by atoms with Crippen LogP contribution in [0.25, 0.3) is 0 Å². The smallest absolute Gasteiger partial charge is 0.367 e. The van der Waals surface area contributed by atoms with E-state index in [0.29, 0.717) is 36.3 Å². The molecule has 37 heavy (non-hydrogen) atoms. The second-order valence-electron chi connectivity index (χ2n) is 12.0. The van der Waals surface area contributed by atoms with Crippen molar-refractivity contribution in [2.45, 2.75) is 71.6 Å². The fourth-order valence-electron chi connectivity index (χ4n) is 8.31. The van der Waals surface area contributed by atoms with E-state index in [9.17, 15) is 14.7 Å². The summed E-state index contributed by atoms with van der Waals surface area (Å²) in [7, 11) is 0. The number of thioether (sulfide) groups is 1. The zero-order valence-corrected chi connectivity index (χ0v) is 23.9. The van der Waals surface area contributed by atoms with E-state index < -0.39 is 0 Å². The number of nitrogens with zero attached hydrogens (tertiary/aromatic N) is 1. The van der Waals surface area contributed by atoms with Crippen molar-refractivity contribution < 1.29 is 19.4 Å². The van der Waals surface area contributed by atoms with Crippen molar-refractivity contribution in [2.24, 2.45) is 34.5 Å². The fourth-order valence-corrected chi connectivity index (χ4v) is 10.0. The molecule has 0 aromatic carbocycles. The van der Waals surface area contributed by atoms with Gasteiger partial charge in [0.2, 0.25) is 0 Å². The minimum Gasteiger partial charge on any atom is -0.458 e. The van der Waals surface area contributed by atoms with Gasteiger partial charge in [0.05, 0.1) is 12.7 Å².